The van der Waals surface area contributed by atoms with Crippen molar-refractivity contribution in [3.8, 4) is 0 Å². The number of hydrogen-bond acceptors (Lipinski definition) is 4. The van der Waals surface area contributed by atoms with Crippen LogP contribution in [0.15, 0.2) is 57.7 Å². The molecule has 0 aliphatic rings. The first-order chi connectivity index (χ1) is 13.5. The molecule has 28 heavy (non-hydrogen) atoms. The first kappa shape index (κ1) is 19.7. The molecule has 2 amide bonds. The number of nitrogens with zero attached hydrogens (tertiary/aromatic N) is 1. The molecule has 0 bridgehead atoms. The Morgan fingerprint density at radius 1 is 1.00 bits per heavy atom. The van der Waals surface area contributed by atoms with Crippen LogP contribution in [-0.4, -0.2) is 29.5 Å². The highest BCUT2D eigenvalue weighted by Gasteiger charge is 2.09. The molecule has 146 valence electrons. The van der Waals surface area contributed by atoms with Crippen LogP contribution in [0.25, 0.3) is 11.1 Å². The Morgan fingerprint density at radius 2 is 1.71 bits per heavy atom. The van der Waals surface area contributed by atoms with Gasteiger partial charge in [0.05, 0.1) is 5.52 Å². The summed E-state index contributed by atoms with van der Waals surface area (Å²) < 4.78 is 6.68. The number of oxazole rings is 1. The van der Waals surface area contributed by atoms with Gasteiger partial charge in [-0.05, 0) is 42.8 Å². The SMILES string of the molecule is O=C(CCCn1c(=O)oc2ccccc21)NCCNC(=O)c1ccc(Cl)cc1. The number of amides is 2. The van der Waals surface area contributed by atoms with Gasteiger partial charge in [-0.3, -0.25) is 14.2 Å². The van der Waals surface area contributed by atoms with E-state index in [0.29, 0.717) is 42.2 Å². The van der Waals surface area contributed by atoms with Gasteiger partial charge in [0.25, 0.3) is 5.91 Å². The zero-order chi connectivity index (χ0) is 19.9. The molecule has 0 aliphatic heterocycles. The van der Waals surface area contributed by atoms with Gasteiger partial charge in [-0.15, -0.1) is 0 Å². The van der Waals surface area contributed by atoms with Gasteiger partial charge >= 0.3 is 5.76 Å². The number of nitrogens with one attached hydrogen (secondary N) is 2. The lowest BCUT2D eigenvalue weighted by Crippen LogP contribution is -2.34. The zero-order valence-electron chi connectivity index (χ0n) is 15.1. The molecule has 3 rings (SSSR count). The molecule has 0 aliphatic carbocycles. The van der Waals surface area contributed by atoms with Crippen LogP contribution in [0.3, 0.4) is 0 Å². The molecule has 0 spiro atoms. The molecule has 8 heteroatoms. The third-order valence-electron chi connectivity index (χ3n) is 4.20. The standard InChI is InChI=1S/C20H20ClN3O4/c21-15-9-7-14(8-10-15)19(26)23-12-11-22-18(25)6-3-13-24-16-4-1-2-5-17(16)28-20(24)27/h1-2,4-5,7-10H,3,6,11-13H2,(H,22,25)(H,23,26). The highest BCUT2D eigenvalue weighted by atomic mass is 35.5. The number of halogens is 1. The summed E-state index contributed by atoms with van der Waals surface area (Å²) in [5, 5.41) is 6.03. The van der Waals surface area contributed by atoms with Crippen molar-refractivity contribution in [2.24, 2.45) is 0 Å². The summed E-state index contributed by atoms with van der Waals surface area (Å²) in [5.74, 6) is -0.787. The fourth-order valence-electron chi connectivity index (χ4n) is 2.79. The van der Waals surface area contributed by atoms with Gasteiger partial charge in [0, 0.05) is 36.6 Å². The molecule has 2 aromatic carbocycles. The molecule has 0 saturated carbocycles. The molecular formula is C20H20ClN3O4. The zero-order valence-corrected chi connectivity index (χ0v) is 15.9. The molecule has 3 aromatic rings. The molecule has 0 unspecified atom stereocenters. The van der Waals surface area contributed by atoms with Gasteiger partial charge in [-0.25, -0.2) is 4.79 Å². The van der Waals surface area contributed by atoms with Crippen LogP contribution in [0, 0.1) is 0 Å². The Bertz CT molecular complexity index is 1020. The summed E-state index contributed by atoms with van der Waals surface area (Å²) >= 11 is 5.79. The third kappa shape index (κ3) is 5.01. The average molecular weight is 402 g/mol. The highest BCUT2D eigenvalue weighted by molar-refractivity contribution is 6.30. The molecule has 0 fully saturated rings. The summed E-state index contributed by atoms with van der Waals surface area (Å²) in [5.41, 5.74) is 1.76. The number of rotatable bonds is 8. The average Bonchev–Trinajstić information content (AvgIpc) is 3.01. The minimum atomic E-state index is -0.425. The van der Waals surface area contributed by atoms with Gasteiger partial charge in [0.15, 0.2) is 5.58 Å². The van der Waals surface area contributed by atoms with E-state index in [0.717, 1.165) is 5.52 Å². The van der Waals surface area contributed by atoms with E-state index in [4.69, 9.17) is 16.0 Å². The van der Waals surface area contributed by atoms with E-state index < -0.39 is 5.76 Å². The normalized spacial score (nSPS) is 10.8. The van der Waals surface area contributed by atoms with Gasteiger partial charge in [0.1, 0.15) is 0 Å². The van der Waals surface area contributed by atoms with Crippen LogP contribution in [0.1, 0.15) is 23.2 Å². The largest absolute Gasteiger partial charge is 0.419 e. The first-order valence-electron chi connectivity index (χ1n) is 8.93. The molecular weight excluding hydrogens is 382 g/mol. The Kier molecular flexibility index (Phi) is 6.49. The quantitative estimate of drug-likeness (QED) is 0.567. The monoisotopic (exact) mass is 401 g/mol. The Morgan fingerprint density at radius 3 is 2.50 bits per heavy atom. The third-order valence-corrected chi connectivity index (χ3v) is 4.45. The molecule has 1 aromatic heterocycles. The molecule has 7 nitrogen and oxygen atoms in total. The van der Waals surface area contributed by atoms with Crippen LogP contribution in [0.5, 0.6) is 0 Å². The number of aromatic nitrogens is 1. The number of fused-ring (bicyclic) bond motifs is 1. The molecule has 0 atom stereocenters. The minimum Gasteiger partial charge on any atom is -0.408 e. The predicted octanol–water partition coefficient (Wildman–Crippen LogP) is 2.57. The second-order valence-electron chi connectivity index (χ2n) is 6.20. The predicted molar refractivity (Wildman–Crippen MR) is 107 cm³/mol. The van der Waals surface area contributed by atoms with E-state index in [1.807, 2.05) is 12.1 Å². The van der Waals surface area contributed by atoms with Crippen molar-refractivity contribution < 1.29 is 14.0 Å². The fraction of sp³-hybridized carbons (Fsp3) is 0.250. The van der Waals surface area contributed by atoms with E-state index in [9.17, 15) is 14.4 Å². The Balaban J connectivity index is 1.37. The first-order valence-corrected chi connectivity index (χ1v) is 9.31. The van der Waals surface area contributed by atoms with E-state index in [2.05, 4.69) is 10.6 Å². The summed E-state index contributed by atoms with van der Waals surface area (Å²) in [7, 11) is 0. The lowest BCUT2D eigenvalue weighted by molar-refractivity contribution is -0.121. The van der Waals surface area contributed by atoms with Crippen molar-refractivity contribution in [3.63, 3.8) is 0 Å². The van der Waals surface area contributed by atoms with Crippen molar-refractivity contribution in [3.05, 3.63) is 69.7 Å². The number of carbonyl (C=O) groups excluding carboxylic acids is 2. The second-order valence-corrected chi connectivity index (χ2v) is 6.64. The molecule has 2 N–H and O–H groups in total. The van der Waals surface area contributed by atoms with E-state index >= 15 is 0 Å². The molecule has 0 radical (unpaired) electrons. The van der Waals surface area contributed by atoms with Crippen molar-refractivity contribution in [1.82, 2.24) is 15.2 Å². The molecule has 0 saturated heterocycles. The Labute approximate surface area is 166 Å². The Hall–Kier alpha value is -3.06. The van der Waals surface area contributed by atoms with Gasteiger partial charge < -0.3 is 15.1 Å². The lowest BCUT2D eigenvalue weighted by atomic mass is 10.2. The number of para-hydroxylation sites is 2. The van der Waals surface area contributed by atoms with Crippen LogP contribution >= 0.6 is 11.6 Å². The molecule has 1 heterocycles. The minimum absolute atomic E-state index is 0.137. The van der Waals surface area contributed by atoms with Gasteiger partial charge in [-0.2, -0.15) is 0 Å². The van der Waals surface area contributed by atoms with Crippen LogP contribution in [0.4, 0.5) is 0 Å². The summed E-state index contributed by atoms with van der Waals surface area (Å²) in [6, 6.07) is 13.7. The number of carbonyl (C=O) groups is 2. The maximum Gasteiger partial charge on any atom is 0.419 e. The highest BCUT2D eigenvalue weighted by Crippen LogP contribution is 2.12. The smallest absolute Gasteiger partial charge is 0.408 e. The number of hydrogen-bond donors (Lipinski definition) is 2. The summed E-state index contributed by atoms with van der Waals surface area (Å²) in [6.07, 6.45) is 0.781. The topological polar surface area (TPSA) is 93.3 Å². The van der Waals surface area contributed by atoms with Crippen LogP contribution < -0.4 is 16.4 Å². The van der Waals surface area contributed by atoms with Crippen molar-refractivity contribution in [2.45, 2.75) is 19.4 Å². The van der Waals surface area contributed by atoms with Crippen LogP contribution in [0.2, 0.25) is 5.02 Å². The van der Waals surface area contributed by atoms with Gasteiger partial charge in [-0.1, -0.05) is 23.7 Å². The maximum absolute atomic E-state index is 11.9. The van der Waals surface area contributed by atoms with E-state index in [1.165, 1.54) is 4.57 Å². The van der Waals surface area contributed by atoms with Gasteiger partial charge in [0.2, 0.25) is 5.91 Å². The summed E-state index contributed by atoms with van der Waals surface area (Å²) in [4.78, 5) is 35.7. The number of aryl methyl sites for hydroxylation is 1. The van der Waals surface area contributed by atoms with Crippen molar-refractivity contribution in [1.29, 1.82) is 0 Å². The summed E-state index contributed by atoms with van der Waals surface area (Å²) in [6.45, 7) is 1.04. The second kappa shape index (κ2) is 9.23. The van der Waals surface area contributed by atoms with E-state index in [-0.39, 0.29) is 18.2 Å². The maximum atomic E-state index is 11.9. The lowest BCUT2D eigenvalue weighted by Gasteiger charge is -2.07. The van der Waals surface area contributed by atoms with E-state index in [1.54, 1.807) is 36.4 Å². The fourth-order valence-corrected chi connectivity index (χ4v) is 2.92. The van der Waals surface area contributed by atoms with Crippen molar-refractivity contribution >= 4 is 34.5 Å². The number of benzene rings is 2. The van der Waals surface area contributed by atoms with Crippen LogP contribution in [-0.2, 0) is 11.3 Å². The van der Waals surface area contributed by atoms with Crippen molar-refractivity contribution in [2.75, 3.05) is 13.1 Å².